The molecule has 302 valence electrons. The third kappa shape index (κ3) is 7.42. The lowest BCUT2D eigenvalue weighted by atomic mass is 10.1. The van der Waals surface area contributed by atoms with E-state index < -0.39 is 0 Å². The molecule has 12 rings (SSSR count). The van der Waals surface area contributed by atoms with E-state index >= 15 is 0 Å². The van der Waals surface area contributed by atoms with Gasteiger partial charge in [-0.2, -0.15) is 0 Å². The van der Waals surface area contributed by atoms with Crippen LogP contribution >= 0.6 is 34.0 Å². The summed E-state index contributed by atoms with van der Waals surface area (Å²) in [5.74, 6) is 0. The molecule has 0 saturated heterocycles. The molecule has 64 heavy (non-hydrogen) atoms. The van der Waals surface area contributed by atoms with Crippen molar-refractivity contribution in [3.63, 3.8) is 0 Å². The first kappa shape index (κ1) is 38.3. The van der Waals surface area contributed by atoms with E-state index in [4.69, 9.17) is 0 Å². The molecule has 0 atom stereocenters. The fraction of sp³-hybridized carbons (Fsp3) is 0. The van der Waals surface area contributed by atoms with Crippen molar-refractivity contribution in [3.05, 3.63) is 237 Å². The zero-order valence-electron chi connectivity index (χ0n) is 34.7. The second kappa shape index (κ2) is 16.4. The molecule has 0 bridgehead atoms. The molecule has 3 aromatic heterocycles. The lowest BCUT2D eigenvalue weighted by Crippen LogP contribution is -2.09. The first-order valence-corrected chi connectivity index (χ1v) is 24.0. The molecule has 1 nitrogen and oxygen atoms in total. The number of nitrogens with zero attached hydrogens (tertiary/aromatic N) is 1. The standard InChI is InChI=1S/C60H39NS3/c1-4-10-46-37-49(16-13-40(46)7-1)58-34-31-55(62-58)43-19-25-52(26-20-43)61(53-27-21-44(22-28-53)56-32-35-59(63-56)50-17-14-41-8-2-5-11-47(41)38-50)54-29-23-45(24-30-54)57-33-36-60(64-57)51-18-15-42-9-3-6-12-48(42)39-51/h1-39H. The van der Waals surface area contributed by atoms with Crippen molar-refractivity contribution >= 4 is 83.4 Å². The minimum atomic E-state index is 1.11. The van der Waals surface area contributed by atoms with Crippen molar-refractivity contribution in [2.24, 2.45) is 0 Å². The fourth-order valence-corrected chi connectivity index (χ4v) is 11.8. The first-order valence-electron chi connectivity index (χ1n) is 21.5. The van der Waals surface area contributed by atoms with Gasteiger partial charge in [0.1, 0.15) is 0 Å². The van der Waals surface area contributed by atoms with E-state index in [-0.39, 0.29) is 0 Å². The highest BCUT2D eigenvalue weighted by molar-refractivity contribution is 7.19. The molecule has 0 fully saturated rings. The predicted octanol–water partition coefficient (Wildman–Crippen LogP) is 18.8. The summed E-state index contributed by atoms with van der Waals surface area (Å²) < 4.78 is 0. The van der Waals surface area contributed by atoms with Gasteiger partial charge in [-0.1, -0.05) is 146 Å². The van der Waals surface area contributed by atoms with Crippen LogP contribution in [0, 0.1) is 0 Å². The average molecular weight is 870 g/mol. The molecule has 0 radical (unpaired) electrons. The van der Waals surface area contributed by atoms with Gasteiger partial charge in [0, 0.05) is 46.3 Å². The Morgan fingerprint density at radius 2 is 0.438 bits per heavy atom. The molecular weight excluding hydrogens is 831 g/mol. The van der Waals surface area contributed by atoms with Crippen molar-refractivity contribution < 1.29 is 0 Å². The normalized spacial score (nSPS) is 11.4. The van der Waals surface area contributed by atoms with Gasteiger partial charge in [-0.3, -0.25) is 0 Å². The maximum absolute atomic E-state index is 2.37. The van der Waals surface area contributed by atoms with Crippen molar-refractivity contribution in [3.8, 4) is 62.6 Å². The summed E-state index contributed by atoms with van der Waals surface area (Å²) in [5.41, 5.74) is 10.7. The molecule has 0 aliphatic carbocycles. The summed E-state index contributed by atoms with van der Waals surface area (Å²) in [7, 11) is 0. The number of fused-ring (bicyclic) bond motifs is 3. The number of thiophene rings is 3. The molecule has 0 N–H and O–H groups in total. The average Bonchev–Trinajstić information content (AvgIpc) is 4.18. The Kier molecular flexibility index (Phi) is 9.83. The second-order valence-corrected chi connectivity index (χ2v) is 19.4. The fourth-order valence-electron chi connectivity index (χ4n) is 8.74. The summed E-state index contributed by atoms with van der Waals surface area (Å²) in [4.78, 5) is 9.97. The van der Waals surface area contributed by atoms with E-state index in [1.807, 2.05) is 34.0 Å². The lowest BCUT2D eigenvalue weighted by Gasteiger charge is -2.26. The zero-order valence-corrected chi connectivity index (χ0v) is 37.1. The van der Waals surface area contributed by atoms with Gasteiger partial charge in [0.2, 0.25) is 0 Å². The summed E-state index contributed by atoms with van der Waals surface area (Å²) in [6.45, 7) is 0. The van der Waals surface area contributed by atoms with Crippen LogP contribution in [0.4, 0.5) is 17.1 Å². The Labute approximate surface area is 385 Å². The molecular formula is C60H39NS3. The molecule has 0 aliphatic rings. The Morgan fingerprint density at radius 1 is 0.203 bits per heavy atom. The molecule has 0 spiro atoms. The van der Waals surface area contributed by atoms with Gasteiger partial charge in [-0.15, -0.1) is 34.0 Å². The summed E-state index contributed by atoms with van der Waals surface area (Å²) >= 11 is 5.53. The molecule has 0 saturated carbocycles. The third-order valence-electron chi connectivity index (χ3n) is 12.2. The topological polar surface area (TPSA) is 3.24 Å². The molecule has 3 heterocycles. The van der Waals surface area contributed by atoms with E-state index in [1.54, 1.807) is 0 Å². The van der Waals surface area contributed by atoms with Gasteiger partial charge in [0.05, 0.1) is 0 Å². The van der Waals surface area contributed by atoms with Crippen LogP contribution in [0.2, 0.25) is 0 Å². The molecule has 9 aromatic carbocycles. The van der Waals surface area contributed by atoms with E-state index in [2.05, 4.69) is 241 Å². The molecule has 4 heteroatoms. The number of hydrogen-bond donors (Lipinski definition) is 0. The monoisotopic (exact) mass is 869 g/mol. The Hall–Kier alpha value is -7.34. The summed E-state index contributed by atoms with van der Waals surface area (Å²) in [6, 6.07) is 86.7. The van der Waals surface area contributed by atoms with Crippen molar-refractivity contribution in [2.75, 3.05) is 4.90 Å². The van der Waals surface area contributed by atoms with Crippen molar-refractivity contribution in [2.45, 2.75) is 0 Å². The summed E-state index contributed by atoms with van der Waals surface area (Å²) in [6.07, 6.45) is 0. The SMILES string of the molecule is c1ccc2cc(-c3ccc(-c4ccc(N(c5ccc(-c6ccc(-c7ccc8ccccc8c7)s6)cc5)c5ccc(-c6ccc(-c7ccc8ccccc8c7)s6)cc5)cc4)s3)ccc2c1. The third-order valence-corrected chi connectivity index (χ3v) is 15.7. The number of rotatable bonds is 9. The Morgan fingerprint density at radius 3 is 0.719 bits per heavy atom. The van der Waals surface area contributed by atoms with Crippen LogP contribution in [0.5, 0.6) is 0 Å². The Balaban J connectivity index is 0.854. The highest BCUT2D eigenvalue weighted by Gasteiger charge is 2.16. The van der Waals surface area contributed by atoms with Gasteiger partial charge in [-0.05, 0) is 157 Å². The van der Waals surface area contributed by atoms with Crippen LogP contribution in [0.15, 0.2) is 237 Å². The van der Waals surface area contributed by atoms with Gasteiger partial charge in [0.15, 0.2) is 0 Å². The zero-order chi connectivity index (χ0) is 42.4. The van der Waals surface area contributed by atoms with Crippen molar-refractivity contribution in [1.29, 1.82) is 0 Å². The molecule has 0 amide bonds. The van der Waals surface area contributed by atoms with Gasteiger partial charge >= 0.3 is 0 Å². The Bertz CT molecular complexity index is 3220. The molecule has 0 aliphatic heterocycles. The highest BCUT2D eigenvalue weighted by Crippen LogP contribution is 2.43. The quantitative estimate of drug-likeness (QED) is 0.140. The minimum absolute atomic E-state index is 1.11. The van der Waals surface area contributed by atoms with E-state index in [9.17, 15) is 0 Å². The number of hydrogen-bond acceptors (Lipinski definition) is 4. The van der Waals surface area contributed by atoms with Gasteiger partial charge in [0.25, 0.3) is 0 Å². The van der Waals surface area contributed by atoms with Crippen LogP contribution in [0.3, 0.4) is 0 Å². The highest BCUT2D eigenvalue weighted by atomic mass is 32.1. The predicted molar refractivity (Wildman–Crippen MR) is 280 cm³/mol. The maximum atomic E-state index is 2.37. The second-order valence-electron chi connectivity index (χ2n) is 16.2. The number of benzene rings is 9. The van der Waals surface area contributed by atoms with E-state index in [0.29, 0.717) is 0 Å². The van der Waals surface area contributed by atoms with Crippen LogP contribution in [-0.2, 0) is 0 Å². The van der Waals surface area contributed by atoms with E-state index in [0.717, 1.165) is 17.1 Å². The lowest BCUT2D eigenvalue weighted by molar-refractivity contribution is 1.28. The van der Waals surface area contributed by atoms with Gasteiger partial charge in [-0.25, -0.2) is 0 Å². The molecule has 0 unspecified atom stereocenters. The van der Waals surface area contributed by atoms with Crippen LogP contribution < -0.4 is 4.90 Å². The van der Waals surface area contributed by atoms with Crippen LogP contribution in [-0.4, -0.2) is 0 Å². The smallest absolute Gasteiger partial charge is 0.0462 e. The minimum Gasteiger partial charge on any atom is -0.311 e. The number of anilines is 3. The molecule has 12 aromatic rings. The van der Waals surface area contributed by atoms with Crippen LogP contribution in [0.1, 0.15) is 0 Å². The summed E-state index contributed by atoms with van der Waals surface area (Å²) in [5, 5.41) is 7.60. The first-order chi connectivity index (χ1) is 31.6. The largest absolute Gasteiger partial charge is 0.311 e. The van der Waals surface area contributed by atoms with Gasteiger partial charge < -0.3 is 4.90 Å². The maximum Gasteiger partial charge on any atom is 0.0462 e. The van der Waals surface area contributed by atoms with Crippen molar-refractivity contribution in [1.82, 2.24) is 0 Å². The van der Waals surface area contributed by atoms with E-state index in [1.165, 1.54) is 95.0 Å². The van der Waals surface area contributed by atoms with Crippen LogP contribution in [0.25, 0.3) is 95.0 Å².